The third-order valence-corrected chi connectivity index (χ3v) is 2.04. The van der Waals surface area contributed by atoms with Gasteiger partial charge in [0.05, 0.1) is 5.60 Å². The van der Waals surface area contributed by atoms with E-state index in [2.05, 4.69) is 4.99 Å². The number of nitrogens with zero attached hydrogens (tertiary/aromatic N) is 2. The Bertz CT molecular complexity index is 258. The monoisotopic (exact) mass is 212 g/mol. The van der Waals surface area contributed by atoms with Crippen molar-refractivity contribution in [3.05, 3.63) is 11.6 Å². The van der Waals surface area contributed by atoms with E-state index in [0.717, 1.165) is 13.1 Å². The van der Waals surface area contributed by atoms with Crippen molar-refractivity contribution in [2.45, 2.75) is 32.8 Å². The van der Waals surface area contributed by atoms with Crippen molar-refractivity contribution < 1.29 is 9.84 Å². The van der Waals surface area contributed by atoms with Gasteiger partial charge in [0, 0.05) is 26.4 Å². The van der Waals surface area contributed by atoms with Crippen LogP contribution in [-0.4, -0.2) is 48.4 Å². The zero-order valence-electron chi connectivity index (χ0n) is 9.90. The Labute approximate surface area is 91.3 Å². The first-order valence-corrected chi connectivity index (χ1v) is 5.12. The molecule has 1 rings (SSSR count). The zero-order chi connectivity index (χ0) is 11.5. The lowest BCUT2D eigenvalue weighted by atomic mass is 10.1. The first kappa shape index (κ1) is 12.4. The minimum atomic E-state index is -0.805. The summed E-state index contributed by atoms with van der Waals surface area (Å²) in [5, 5.41) is 9.69. The van der Waals surface area contributed by atoms with E-state index in [9.17, 15) is 5.11 Å². The predicted octanol–water partition coefficient (Wildman–Crippen LogP) is 1.02. The van der Waals surface area contributed by atoms with E-state index in [1.165, 1.54) is 5.57 Å². The lowest BCUT2D eigenvalue weighted by Crippen LogP contribution is -2.50. The molecular weight excluding hydrogens is 192 g/mol. The second-order valence-electron chi connectivity index (χ2n) is 4.69. The Balaban J connectivity index is 2.32. The molecule has 15 heavy (non-hydrogen) atoms. The van der Waals surface area contributed by atoms with Crippen LogP contribution < -0.4 is 0 Å². The van der Waals surface area contributed by atoms with E-state index in [1.54, 1.807) is 13.3 Å². The standard InChI is InChI=1S/C11H20N2O2/c1-11(2,3)15-10(14)13-7-9(8-13)5-6-12-4/h5-6,10,14H,7-8H2,1-4H3. The molecule has 1 heterocycles. The van der Waals surface area contributed by atoms with Gasteiger partial charge in [-0.05, 0) is 32.4 Å². The van der Waals surface area contributed by atoms with Crippen molar-refractivity contribution in [3.8, 4) is 0 Å². The van der Waals surface area contributed by atoms with Crippen LogP contribution in [0.4, 0.5) is 0 Å². The fourth-order valence-electron chi connectivity index (χ4n) is 1.31. The van der Waals surface area contributed by atoms with E-state index in [-0.39, 0.29) is 5.60 Å². The molecule has 0 saturated carbocycles. The number of rotatable bonds is 3. The summed E-state index contributed by atoms with van der Waals surface area (Å²) in [6, 6.07) is 0. The molecule has 1 fully saturated rings. The Morgan fingerprint density at radius 1 is 1.47 bits per heavy atom. The molecule has 0 aromatic carbocycles. The highest BCUT2D eigenvalue weighted by Gasteiger charge is 2.29. The van der Waals surface area contributed by atoms with Gasteiger partial charge >= 0.3 is 0 Å². The second-order valence-corrected chi connectivity index (χ2v) is 4.69. The average molecular weight is 212 g/mol. The number of ether oxygens (including phenoxy) is 1. The van der Waals surface area contributed by atoms with E-state index in [0.29, 0.717) is 0 Å². The van der Waals surface area contributed by atoms with Crippen molar-refractivity contribution in [1.29, 1.82) is 0 Å². The maximum atomic E-state index is 9.69. The summed E-state index contributed by atoms with van der Waals surface area (Å²) in [6.45, 7) is 7.29. The minimum absolute atomic E-state index is 0.316. The molecule has 1 N–H and O–H groups in total. The van der Waals surface area contributed by atoms with Crippen molar-refractivity contribution in [1.82, 2.24) is 4.90 Å². The maximum absolute atomic E-state index is 9.69. The average Bonchev–Trinajstić information content (AvgIpc) is 1.98. The highest BCUT2D eigenvalue weighted by atomic mass is 16.6. The number of hydrogen-bond donors (Lipinski definition) is 1. The molecule has 0 bridgehead atoms. The van der Waals surface area contributed by atoms with Gasteiger partial charge in [-0.2, -0.15) is 0 Å². The molecule has 1 aliphatic heterocycles. The molecule has 4 heteroatoms. The maximum Gasteiger partial charge on any atom is 0.217 e. The molecule has 0 aliphatic carbocycles. The molecule has 1 atom stereocenters. The van der Waals surface area contributed by atoms with Crippen LogP contribution in [0.2, 0.25) is 0 Å². The number of aliphatic imine (C=N–C) groups is 1. The summed E-state index contributed by atoms with van der Waals surface area (Å²) in [4.78, 5) is 5.73. The topological polar surface area (TPSA) is 45.1 Å². The molecule has 4 nitrogen and oxygen atoms in total. The summed E-state index contributed by atoms with van der Waals surface area (Å²) < 4.78 is 5.41. The van der Waals surface area contributed by atoms with Crippen molar-refractivity contribution in [2.24, 2.45) is 4.99 Å². The molecule has 0 radical (unpaired) electrons. The van der Waals surface area contributed by atoms with Crippen LogP contribution in [-0.2, 0) is 4.74 Å². The lowest BCUT2D eigenvalue weighted by Gasteiger charge is -2.39. The van der Waals surface area contributed by atoms with Crippen LogP contribution >= 0.6 is 0 Å². The van der Waals surface area contributed by atoms with E-state index >= 15 is 0 Å². The third kappa shape index (κ3) is 4.11. The van der Waals surface area contributed by atoms with E-state index in [4.69, 9.17) is 4.74 Å². The summed E-state index contributed by atoms with van der Waals surface area (Å²) >= 11 is 0. The van der Waals surface area contributed by atoms with Crippen LogP contribution in [0.1, 0.15) is 20.8 Å². The molecule has 0 spiro atoms. The number of aliphatic hydroxyl groups excluding tert-OH is 1. The van der Waals surface area contributed by atoms with E-state index in [1.807, 2.05) is 31.7 Å². The molecule has 1 aliphatic rings. The van der Waals surface area contributed by atoms with Crippen LogP contribution in [0.5, 0.6) is 0 Å². The van der Waals surface area contributed by atoms with E-state index < -0.39 is 6.41 Å². The second kappa shape index (κ2) is 4.88. The van der Waals surface area contributed by atoms with Gasteiger partial charge < -0.3 is 9.84 Å². The Kier molecular flexibility index (Phi) is 4.02. The zero-order valence-corrected chi connectivity index (χ0v) is 9.90. The van der Waals surface area contributed by atoms with Gasteiger partial charge in [0.15, 0.2) is 0 Å². The van der Waals surface area contributed by atoms with Crippen molar-refractivity contribution in [2.75, 3.05) is 20.1 Å². The van der Waals surface area contributed by atoms with Crippen LogP contribution in [0.3, 0.4) is 0 Å². The Morgan fingerprint density at radius 3 is 2.53 bits per heavy atom. The quantitative estimate of drug-likeness (QED) is 0.561. The van der Waals surface area contributed by atoms with Crippen molar-refractivity contribution >= 4 is 6.21 Å². The predicted molar refractivity (Wildman–Crippen MR) is 60.9 cm³/mol. The number of aliphatic hydroxyl groups is 1. The molecule has 0 aromatic rings. The highest BCUT2D eigenvalue weighted by Crippen LogP contribution is 2.20. The molecule has 0 aromatic heterocycles. The highest BCUT2D eigenvalue weighted by molar-refractivity contribution is 5.72. The van der Waals surface area contributed by atoms with Crippen LogP contribution in [0.25, 0.3) is 0 Å². The third-order valence-electron chi connectivity index (χ3n) is 2.04. The van der Waals surface area contributed by atoms with Gasteiger partial charge in [-0.25, -0.2) is 4.90 Å². The smallest absolute Gasteiger partial charge is 0.217 e. The Morgan fingerprint density at radius 2 is 2.07 bits per heavy atom. The van der Waals surface area contributed by atoms with Gasteiger partial charge in [-0.3, -0.25) is 4.99 Å². The van der Waals surface area contributed by atoms with Crippen molar-refractivity contribution in [3.63, 3.8) is 0 Å². The molecular formula is C11H20N2O2. The fraction of sp³-hybridized carbons (Fsp3) is 0.727. The fourth-order valence-corrected chi connectivity index (χ4v) is 1.31. The molecule has 1 unspecified atom stereocenters. The van der Waals surface area contributed by atoms with Crippen LogP contribution in [0.15, 0.2) is 16.6 Å². The molecule has 0 amide bonds. The first-order valence-electron chi connectivity index (χ1n) is 5.12. The van der Waals surface area contributed by atoms with Crippen LogP contribution in [0, 0.1) is 0 Å². The SMILES string of the molecule is CN=CC=C1CN(C(O)OC(C)(C)C)C1. The number of allylic oxidation sites excluding steroid dienone is 1. The summed E-state index contributed by atoms with van der Waals surface area (Å²) in [5.41, 5.74) is 0.946. The number of likely N-dealkylation sites (tertiary alicyclic amines) is 1. The normalized spacial score (nSPS) is 20.5. The van der Waals surface area contributed by atoms with Gasteiger partial charge in [0.2, 0.25) is 6.41 Å². The van der Waals surface area contributed by atoms with Gasteiger partial charge in [0.1, 0.15) is 0 Å². The molecule has 86 valence electrons. The lowest BCUT2D eigenvalue weighted by molar-refractivity contribution is -0.244. The molecule has 1 saturated heterocycles. The van der Waals surface area contributed by atoms with Gasteiger partial charge in [-0.1, -0.05) is 0 Å². The largest absolute Gasteiger partial charge is 0.356 e. The summed E-state index contributed by atoms with van der Waals surface area (Å²) in [5.74, 6) is 0. The van der Waals surface area contributed by atoms with Gasteiger partial charge in [-0.15, -0.1) is 0 Å². The van der Waals surface area contributed by atoms with Gasteiger partial charge in [0.25, 0.3) is 0 Å². The minimum Gasteiger partial charge on any atom is -0.356 e. The summed E-state index contributed by atoms with van der Waals surface area (Å²) in [7, 11) is 1.74. The number of hydrogen-bond acceptors (Lipinski definition) is 4. The Hall–Kier alpha value is -0.710. The first-order chi connectivity index (χ1) is 6.92. The summed E-state index contributed by atoms with van der Waals surface area (Å²) in [6.07, 6.45) is 2.94.